The molecule has 0 saturated carbocycles. The smallest absolute Gasteiger partial charge is 0.407 e. The number of hydrogen-bond acceptors (Lipinski definition) is 13. The topological polar surface area (TPSA) is 221 Å². The van der Waals surface area contributed by atoms with Crippen LogP contribution in [0, 0.1) is 0 Å². The Morgan fingerprint density at radius 1 is 0.435 bits per heavy atom. The van der Waals surface area contributed by atoms with Crippen molar-refractivity contribution in [2.75, 3.05) is 52.4 Å². The van der Waals surface area contributed by atoms with E-state index in [1.165, 1.54) is 0 Å². The lowest BCUT2D eigenvalue weighted by molar-refractivity contribution is -0.125. The number of benzene rings is 1. The van der Waals surface area contributed by atoms with Crippen molar-refractivity contribution >= 4 is 36.2 Å². The second-order valence-corrected chi connectivity index (χ2v) is 20.4. The van der Waals surface area contributed by atoms with Crippen LogP contribution >= 0.6 is 0 Å². The first kappa shape index (κ1) is 49.8. The van der Waals surface area contributed by atoms with E-state index in [1.807, 2.05) is 40.1 Å². The van der Waals surface area contributed by atoms with Crippen molar-refractivity contribution in [1.82, 2.24) is 46.6 Å². The van der Waals surface area contributed by atoms with Gasteiger partial charge in [0.05, 0.1) is 49.3 Å². The highest BCUT2D eigenvalue weighted by atomic mass is 16.6. The molecule has 19 nitrogen and oxygen atoms in total. The molecule has 0 aliphatic carbocycles. The number of nitrogens with zero attached hydrogens (tertiary/aromatic N) is 3. The van der Waals surface area contributed by atoms with Gasteiger partial charge in [-0.25, -0.2) is 19.2 Å². The van der Waals surface area contributed by atoms with Crippen molar-refractivity contribution in [3.8, 4) is 0 Å². The molecular weight excluding hydrogens is 803 g/mol. The van der Waals surface area contributed by atoms with Gasteiger partial charge >= 0.3 is 24.4 Å². The zero-order valence-corrected chi connectivity index (χ0v) is 38.6. The van der Waals surface area contributed by atoms with E-state index in [0.717, 1.165) is 5.56 Å². The van der Waals surface area contributed by atoms with Crippen molar-refractivity contribution in [3.63, 3.8) is 0 Å². The van der Waals surface area contributed by atoms with E-state index >= 15 is 0 Å². The van der Waals surface area contributed by atoms with Crippen LogP contribution in [0.15, 0.2) is 30.3 Å². The Labute approximate surface area is 366 Å². The fourth-order valence-electron chi connectivity index (χ4n) is 7.51. The molecule has 0 aromatic heterocycles. The van der Waals surface area contributed by atoms with Crippen molar-refractivity contribution in [1.29, 1.82) is 0 Å². The van der Waals surface area contributed by atoms with Crippen molar-refractivity contribution in [2.24, 2.45) is 0 Å². The Kier molecular flexibility index (Phi) is 16.5. The number of carbonyl (C=O) groups is 6. The molecule has 348 valence electrons. The van der Waals surface area contributed by atoms with E-state index in [2.05, 4.69) is 36.8 Å². The first-order chi connectivity index (χ1) is 28.6. The van der Waals surface area contributed by atoms with Gasteiger partial charge in [0.15, 0.2) is 0 Å². The molecule has 19 heteroatoms. The van der Waals surface area contributed by atoms with Gasteiger partial charge < -0.3 is 50.8 Å². The number of likely N-dealkylation sites (tertiary alicyclic amines) is 3. The van der Waals surface area contributed by atoms with E-state index in [1.54, 1.807) is 83.1 Å². The van der Waals surface area contributed by atoms with E-state index in [4.69, 9.17) is 18.9 Å². The number of nitrogens with one attached hydrogen (secondary N) is 6. The maximum atomic E-state index is 13.8. The van der Waals surface area contributed by atoms with Crippen LogP contribution < -0.4 is 31.9 Å². The second-order valence-electron chi connectivity index (χ2n) is 20.4. The summed E-state index contributed by atoms with van der Waals surface area (Å²) in [5, 5.41) is 17.6. The Hall–Kier alpha value is -4.88. The normalized spacial score (nSPS) is 23.8. The van der Waals surface area contributed by atoms with Gasteiger partial charge in [-0.15, -0.1) is 0 Å². The van der Waals surface area contributed by atoms with Crippen LogP contribution in [0.1, 0.15) is 88.6 Å². The number of amides is 6. The van der Waals surface area contributed by atoms with Crippen molar-refractivity contribution in [2.45, 2.75) is 148 Å². The highest BCUT2D eigenvalue weighted by Gasteiger charge is 2.41. The summed E-state index contributed by atoms with van der Waals surface area (Å²) in [5.41, 5.74) is -1.88. The van der Waals surface area contributed by atoms with E-state index in [0.29, 0.717) is 19.6 Å². The quantitative estimate of drug-likeness (QED) is 0.167. The lowest BCUT2D eigenvalue weighted by atomic mass is 10.1. The third-order valence-electron chi connectivity index (χ3n) is 9.67. The molecule has 3 saturated heterocycles. The van der Waals surface area contributed by atoms with E-state index in [-0.39, 0.29) is 51.1 Å². The maximum absolute atomic E-state index is 13.8. The van der Waals surface area contributed by atoms with Gasteiger partial charge in [-0.3, -0.25) is 24.3 Å². The Morgan fingerprint density at radius 2 is 0.694 bits per heavy atom. The minimum atomic E-state index is -0.741. The molecule has 3 aliphatic heterocycles. The lowest BCUT2D eigenvalue weighted by Gasteiger charge is -2.26. The molecule has 0 spiro atoms. The third-order valence-corrected chi connectivity index (χ3v) is 9.67. The van der Waals surface area contributed by atoms with Gasteiger partial charge in [0.2, 0.25) is 11.8 Å². The van der Waals surface area contributed by atoms with Crippen LogP contribution in [0.25, 0.3) is 0 Å². The first-order valence-electron chi connectivity index (χ1n) is 21.4. The zero-order chi connectivity index (χ0) is 46.2. The zero-order valence-electron chi connectivity index (χ0n) is 38.6. The van der Waals surface area contributed by atoms with E-state index < -0.39 is 83.0 Å². The fraction of sp³-hybridized carbons (Fsp3) is 0.721. The van der Waals surface area contributed by atoms with Crippen LogP contribution in [-0.4, -0.2) is 162 Å². The molecule has 62 heavy (non-hydrogen) atoms. The van der Waals surface area contributed by atoms with Crippen molar-refractivity contribution < 1.29 is 47.7 Å². The molecule has 0 radical (unpaired) electrons. The summed E-state index contributed by atoms with van der Waals surface area (Å²) in [6.07, 6.45) is -2.59. The number of hydrogen-bond donors (Lipinski definition) is 6. The summed E-state index contributed by atoms with van der Waals surface area (Å²) in [6, 6.07) is 6.70. The highest BCUT2D eigenvalue weighted by Crippen LogP contribution is 2.19. The second kappa shape index (κ2) is 20.5. The summed E-state index contributed by atoms with van der Waals surface area (Å²) in [6.45, 7) is 23.5. The summed E-state index contributed by atoms with van der Waals surface area (Å²) < 4.78 is 21.9. The van der Waals surface area contributed by atoms with Crippen LogP contribution in [-0.2, 0) is 35.1 Å². The average molecular weight is 874 g/mol. The molecule has 3 aliphatic rings. The van der Waals surface area contributed by atoms with Gasteiger partial charge in [-0.05, 0) is 88.6 Å². The van der Waals surface area contributed by atoms with Crippen molar-refractivity contribution in [3.05, 3.63) is 35.9 Å². The molecule has 6 amide bonds. The molecule has 6 N–H and O–H groups in total. The Balaban J connectivity index is 1.43. The Morgan fingerprint density at radius 3 is 0.968 bits per heavy atom. The van der Waals surface area contributed by atoms with Gasteiger partial charge in [-0.1, -0.05) is 30.3 Å². The predicted molar refractivity (Wildman–Crippen MR) is 231 cm³/mol. The fourth-order valence-corrected chi connectivity index (χ4v) is 7.51. The number of rotatable bonds is 12. The number of alkyl carbamates (subject to hydrolysis) is 4. The molecule has 4 rings (SSSR count). The maximum Gasteiger partial charge on any atom is 0.407 e. The lowest BCUT2D eigenvalue weighted by Crippen LogP contribution is -2.54. The molecule has 1 aromatic carbocycles. The minimum absolute atomic E-state index is 0.0410. The van der Waals surface area contributed by atoms with Crippen LogP contribution in [0.3, 0.4) is 0 Å². The van der Waals surface area contributed by atoms with Gasteiger partial charge in [0, 0.05) is 45.8 Å². The van der Waals surface area contributed by atoms with Gasteiger partial charge in [0.1, 0.15) is 22.4 Å². The van der Waals surface area contributed by atoms with Crippen LogP contribution in [0.2, 0.25) is 0 Å². The third kappa shape index (κ3) is 17.8. The monoisotopic (exact) mass is 874 g/mol. The molecule has 1 aromatic rings. The molecule has 3 fully saturated rings. The average Bonchev–Trinajstić information content (AvgIpc) is 3.73. The predicted octanol–water partition coefficient (Wildman–Crippen LogP) is 2.68. The number of carbonyl (C=O) groups excluding carboxylic acids is 6. The molecule has 0 unspecified atom stereocenters. The molecular formula is C43H71N9O10. The van der Waals surface area contributed by atoms with Gasteiger partial charge in [-0.2, -0.15) is 0 Å². The van der Waals surface area contributed by atoms with E-state index in [9.17, 15) is 28.8 Å². The summed E-state index contributed by atoms with van der Waals surface area (Å²) in [5.74, 6) is -0.590. The van der Waals surface area contributed by atoms with Crippen LogP contribution in [0.5, 0.6) is 0 Å². The Bertz CT molecular complexity index is 1540. The SMILES string of the molecule is CC(C)(C)OC(=O)N[C@@H]1CN(CC(=O)N[C@H]2CN(Cc3ccccc3)C[C@@H]2NC(=O)CN2C[C@@H](NC(=O)OC(C)(C)C)[C@H](NC(=O)OC(C)(C)C)C2)C[C@H]1NC(=O)OC(C)(C)C. The number of ether oxygens (including phenoxy) is 4. The molecule has 3 heterocycles. The van der Waals surface area contributed by atoms with Gasteiger partial charge in [0.25, 0.3) is 0 Å². The highest BCUT2D eigenvalue weighted by molar-refractivity contribution is 5.80. The minimum Gasteiger partial charge on any atom is -0.444 e. The summed E-state index contributed by atoms with van der Waals surface area (Å²) >= 11 is 0. The first-order valence-corrected chi connectivity index (χ1v) is 21.4. The van der Waals surface area contributed by atoms with Crippen LogP contribution in [0.4, 0.5) is 19.2 Å². The summed E-state index contributed by atoms with van der Waals surface area (Å²) in [7, 11) is 0. The molecule has 6 atom stereocenters. The standard InChI is InChI=1S/C43H71N9O10/c1-40(2,3)59-36(55)46-30-21-51(22-31(30)47-37(56)60-41(4,5)6)25-34(53)44-28-19-50(18-27-16-14-13-15-17-27)20-29(28)45-35(54)26-52-23-32(48-38(57)61-42(7,8)9)33(24-52)49-39(58)62-43(10,11)12/h13-17,28-33H,18-26H2,1-12H3,(H,44,53)(H,45,54)(H,46,55)(H,47,56)(H,48,57)(H,49,58)/t28-,29-,30+,31+,32+,33+/m0/s1. The summed E-state index contributed by atoms with van der Waals surface area (Å²) in [4.78, 5) is 84.5. The largest absolute Gasteiger partial charge is 0.444 e. The molecule has 0 bridgehead atoms.